The summed E-state index contributed by atoms with van der Waals surface area (Å²) in [5.41, 5.74) is 5.49. The second-order valence-electron chi connectivity index (χ2n) is 3.34. The molecule has 5 heteroatoms. The molecule has 0 radical (unpaired) electrons. The van der Waals surface area contributed by atoms with Crippen molar-refractivity contribution in [2.24, 2.45) is 0 Å². The van der Waals surface area contributed by atoms with Crippen molar-refractivity contribution < 1.29 is 0 Å². The summed E-state index contributed by atoms with van der Waals surface area (Å²) in [6.07, 6.45) is 5.20. The molecule has 1 aliphatic rings. The first-order valence-electron chi connectivity index (χ1n) is 4.70. The van der Waals surface area contributed by atoms with E-state index in [1.807, 2.05) is 0 Å². The maximum Gasteiger partial charge on any atom is 0.233 e. The lowest BCUT2D eigenvalue weighted by atomic mass is 10.2. The Kier molecular flexibility index (Phi) is 2.63. The minimum absolute atomic E-state index is 0.407. The third-order valence-electron chi connectivity index (χ3n) is 2.31. The fourth-order valence-corrected chi connectivity index (χ4v) is 2.27. The number of aromatic nitrogens is 2. The van der Waals surface area contributed by atoms with Crippen LogP contribution in [0.4, 0.5) is 11.1 Å². The van der Waals surface area contributed by atoms with Gasteiger partial charge in [0.2, 0.25) is 11.1 Å². The Labute approximate surface area is 81.9 Å². The van der Waals surface area contributed by atoms with Gasteiger partial charge in [-0.2, -0.15) is 9.36 Å². The van der Waals surface area contributed by atoms with Gasteiger partial charge >= 0.3 is 0 Å². The molecule has 0 saturated carbocycles. The summed E-state index contributed by atoms with van der Waals surface area (Å²) >= 11 is 1.41. The molecule has 72 valence electrons. The van der Waals surface area contributed by atoms with Gasteiger partial charge in [-0.3, -0.25) is 0 Å². The number of nitrogen functional groups attached to an aromatic ring is 1. The fourth-order valence-electron chi connectivity index (χ4n) is 1.62. The summed E-state index contributed by atoms with van der Waals surface area (Å²) in [5, 5.41) is 0.986. The van der Waals surface area contributed by atoms with Crippen molar-refractivity contribution in [1.82, 2.24) is 9.36 Å². The number of anilines is 2. The van der Waals surface area contributed by atoms with Gasteiger partial charge in [0.1, 0.15) is 0 Å². The molecule has 2 heterocycles. The van der Waals surface area contributed by atoms with Crippen LogP contribution in [0.25, 0.3) is 0 Å². The molecule has 0 bridgehead atoms. The van der Waals surface area contributed by atoms with Crippen LogP contribution in [0.5, 0.6) is 0 Å². The Balaban J connectivity index is 2.06. The Morgan fingerprint density at radius 2 is 1.85 bits per heavy atom. The van der Waals surface area contributed by atoms with Gasteiger partial charge in [0, 0.05) is 24.6 Å². The first-order valence-corrected chi connectivity index (χ1v) is 5.48. The van der Waals surface area contributed by atoms with Crippen LogP contribution in [0.1, 0.15) is 25.7 Å². The lowest BCUT2D eigenvalue weighted by Gasteiger charge is -2.17. The van der Waals surface area contributed by atoms with E-state index in [0.29, 0.717) is 5.95 Å². The van der Waals surface area contributed by atoms with Crippen LogP contribution in [0, 0.1) is 0 Å². The van der Waals surface area contributed by atoms with Crippen molar-refractivity contribution in [1.29, 1.82) is 0 Å². The monoisotopic (exact) mass is 198 g/mol. The molecular formula is C8H14N4S. The van der Waals surface area contributed by atoms with Gasteiger partial charge < -0.3 is 10.6 Å². The summed E-state index contributed by atoms with van der Waals surface area (Å²) in [7, 11) is 0. The number of hydrogen-bond acceptors (Lipinski definition) is 5. The summed E-state index contributed by atoms with van der Waals surface area (Å²) in [5.74, 6) is 0.407. The van der Waals surface area contributed by atoms with Gasteiger partial charge in [0.05, 0.1) is 0 Å². The Bertz CT molecular complexity index is 265. The molecule has 0 aliphatic carbocycles. The van der Waals surface area contributed by atoms with E-state index in [1.165, 1.54) is 37.2 Å². The standard InChI is InChI=1S/C8H14N4S/c9-7-10-8(13-11-7)12-5-3-1-2-4-6-12/h1-6H2,(H2,9,11). The van der Waals surface area contributed by atoms with Crippen LogP contribution in [0.3, 0.4) is 0 Å². The van der Waals surface area contributed by atoms with Crippen molar-refractivity contribution in [3.05, 3.63) is 0 Å². The molecule has 0 unspecified atom stereocenters. The average Bonchev–Trinajstić information content (AvgIpc) is 2.43. The zero-order chi connectivity index (χ0) is 9.10. The SMILES string of the molecule is Nc1nsc(N2CCCCCC2)n1. The lowest BCUT2D eigenvalue weighted by Crippen LogP contribution is -2.23. The highest BCUT2D eigenvalue weighted by Gasteiger charge is 2.13. The molecule has 1 fully saturated rings. The van der Waals surface area contributed by atoms with Gasteiger partial charge in [-0.25, -0.2) is 0 Å². The topological polar surface area (TPSA) is 55.0 Å². The lowest BCUT2D eigenvalue weighted by molar-refractivity contribution is 0.726. The minimum atomic E-state index is 0.407. The predicted molar refractivity (Wildman–Crippen MR) is 55.0 cm³/mol. The van der Waals surface area contributed by atoms with Crippen molar-refractivity contribution in [3.8, 4) is 0 Å². The maximum atomic E-state index is 5.49. The summed E-state index contributed by atoms with van der Waals surface area (Å²) in [4.78, 5) is 6.48. The van der Waals surface area contributed by atoms with E-state index in [9.17, 15) is 0 Å². The van der Waals surface area contributed by atoms with Crippen molar-refractivity contribution in [2.45, 2.75) is 25.7 Å². The quantitative estimate of drug-likeness (QED) is 0.743. The van der Waals surface area contributed by atoms with E-state index < -0.39 is 0 Å². The second kappa shape index (κ2) is 3.91. The smallest absolute Gasteiger partial charge is 0.233 e. The average molecular weight is 198 g/mol. The largest absolute Gasteiger partial charge is 0.367 e. The molecule has 4 nitrogen and oxygen atoms in total. The Morgan fingerprint density at radius 3 is 2.38 bits per heavy atom. The first-order chi connectivity index (χ1) is 6.36. The normalized spacial score (nSPS) is 18.6. The van der Waals surface area contributed by atoms with Crippen molar-refractivity contribution in [3.63, 3.8) is 0 Å². The van der Waals surface area contributed by atoms with Crippen LogP contribution < -0.4 is 10.6 Å². The number of rotatable bonds is 1. The third kappa shape index (κ3) is 2.09. The van der Waals surface area contributed by atoms with E-state index >= 15 is 0 Å². The number of hydrogen-bond donors (Lipinski definition) is 1. The maximum absolute atomic E-state index is 5.49. The van der Waals surface area contributed by atoms with Gasteiger partial charge in [-0.05, 0) is 12.8 Å². The van der Waals surface area contributed by atoms with E-state index in [-0.39, 0.29) is 0 Å². The number of nitrogens with two attached hydrogens (primary N) is 1. The molecule has 0 spiro atoms. The number of nitrogens with zero attached hydrogens (tertiary/aromatic N) is 3. The van der Waals surface area contributed by atoms with Crippen molar-refractivity contribution in [2.75, 3.05) is 23.7 Å². The Morgan fingerprint density at radius 1 is 1.15 bits per heavy atom. The summed E-state index contributed by atoms with van der Waals surface area (Å²) in [6.45, 7) is 2.21. The van der Waals surface area contributed by atoms with E-state index in [4.69, 9.17) is 5.73 Å². The first kappa shape index (κ1) is 8.74. The molecule has 1 saturated heterocycles. The van der Waals surface area contributed by atoms with Crippen LogP contribution in [-0.4, -0.2) is 22.4 Å². The fraction of sp³-hybridized carbons (Fsp3) is 0.750. The van der Waals surface area contributed by atoms with E-state index in [2.05, 4.69) is 14.3 Å². The van der Waals surface area contributed by atoms with Crippen LogP contribution in [-0.2, 0) is 0 Å². The molecule has 0 atom stereocenters. The van der Waals surface area contributed by atoms with E-state index in [0.717, 1.165) is 18.2 Å². The van der Waals surface area contributed by atoms with Crippen LogP contribution in [0.2, 0.25) is 0 Å². The molecule has 2 rings (SSSR count). The second-order valence-corrected chi connectivity index (χ2v) is 4.07. The Hall–Kier alpha value is -0.840. The van der Waals surface area contributed by atoms with Crippen LogP contribution >= 0.6 is 11.5 Å². The van der Waals surface area contributed by atoms with E-state index in [1.54, 1.807) is 0 Å². The minimum Gasteiger partial charge on any atom is -0.367 e. The highest BCUT2D eigenvalue weighted by molar-refractivity contribution is 7.09. The molecule has 13 heavy (non-hydrogen) atoms. The molecule has 1 aromatic rings. The molecule has 0 amide bonds. The predicted octanol–water partition coefficient (Wildman–Crippen LogP) is 1.50. The highest BCUT2D eigenvalue weighted by atomic mass is 32.1. The highest BCUT2D eigenvalue weighted by Crippen LogP contribution is 2.21. The van der Waals surface area contributed by atoms with Gasteiger partial charge in [0.15, 0.2) is 0 Å². The molecule has 0 aromatic carbocycles. The molecular weight excluding hydrogens is 184 g/mol. The molecule has 1 aliphatic heterocycles. The van der Waals surface area contributed by atoms with Gasteiger partial charge in [-0.15, -0.1) is 0 Å². The summed E-state index contributed by atoms with van der Waals surface area (Å²) < 4.78 is 3.99. The summed E-state index contributed by atoms with van der Waals surface area (Å²) in [6, 6.07) is 0. The molecule has 1 aromatic heterocycles. The van der Waals surface area contributed by atoms with Crippen molar-refractivity contribution >= 4 is 22.6 Å². The zero-order valence-electron chi connectivity index (χ0n) is 7.57. The molecule has 2 N–H and O–H groups in total. The zero-order valence-corrected chi connectivity index (χ0v) is 8.39. The third-order valence-corrected chi connectivity index (χ3v) is 3.10. The van der Waals surface area contributed by atoms with Gasteiger partial charge in [0.25, 0.3) is 0 Å². The van der Waals surface area contributed by atoms with Gasteiger partial charge in [-0.1, -0.05) is 12.8 Å². The van der Waals surface area contributed by atoms with Crippen LogP contribution in [0.15, 0.2) is 0 Å².